The molecule has 0 radical (unpaired) electrons. The Morgan fingerprint density at radius 3 is 2.07 bits per heavy atom. The van der Waals surface area contributed by atoms with Crippen LogP contribution in [-0.4, -0.2) is 12.3 Å². The van der Waals surface area contributed by atoms with Crippen molar-refractivity contribution in [2.45, 2.75) is 26.2 Å². The Labute approximate surface area is 83.8 Å². The molecule has 0 fully saturated rings. The zero-order valence-corrected chi connectivity index (χ0v) is 8.44. The van der Waals surface area contributed by atoms with Gasteiger partial charge in [0.1, 0.15) is 0 Å². The van der Waals surface area contributed by atoms with Crippen LogP contribution in [0.4, 0.5) is 0 Å². The first-order chi connectivity index (χ1) is 6.68. The number of benzene rings is 1. The van der Waals surface area contributed by atoms with Crippen LogP contribution >= 0.6 is 0 Å². The Balaban J connectivity index is 2.12. The molecule has 1 aliphatic heterocycles. The van der Waals surface area contributed by atoms with Crippen molar-refractivity contribution in [1.29, 1.82) is 0 Å². The third kappa shape index (κ3) is 1.55. The van der Waals surface area contributed by atoms with Gasteiger partial charge in [0.2, 0.25) is 6.29 Å². The molecule has 1 aromatic rings. The van der Waals surface area contributed by atoms with Gasteiger partial charge < -0.3 is 15.2 Å². The van der Waals surface area contributed by atoms with E-state index in [9.17, 15) is 0 Å². The van der Waals surface area contributed by atoms with E-state index in [1.165, 1.54) is 0 Å². The van der Waals surface area contributed by atoms with Gasteiger partial charge in [-0.05, 0) is 19.1 Å². The predicted octanol–water partition coefficient (Wildman–Crippen LogP) is 1.77. The van der Waals surface area contributed by atoms with Crippen molar-refractivity contribution >= 4 is 0 Å². The van der Waals surface area contributed by atoms with Gasteiger partial charge in [0.15, 0.2) is 11.5 Å². The van der Waals surface area contributed by atoms with E-state index in [1.807, 2.05) is 38.1 Å². The third-order valence-electron chi connectivity index (χ3n) is 2.59. The first-order valence-corrected chi connectivity index (χ1v) is 4.86. The van der Waals surface area contributed by atoms with Gasteiger partial charge in [-0.3, -0.25) is 0 Å². The van der Waals surface area contributed by atoms with Crippen LogP contribution < -0.4 is 15.2 Å². The van der Waals surface area contributed by atoms with E-state index in [-0.39, 0.29) is 18.2 Å². The fourth-order valence-corrected chi connectivity index (χ4v) is 1.38. The maximum Gasteiger partial charge on any atom is 0.245 e. The largest absolute Gasteiger partial charge is 0.451 e. The third-order valence-corrected chi connectivity index (χ3v) is 2.59. The summed E-state index contributed by atoms with van der Waals surface area (Å²) >= 11 is 0. The van der Waals surface area contributed by atoms with Crippen molar-refractivity contribution in [2.24, 2.45) is 11.7 Å². The van der Waals surface area contributed by atoms with Gasteiger partial charge in [-0.25, -0.2) is 0 Å². The summed E-state index contributed by atoms with van der Waals surface area (Å²) in [5.74, 6) is 1.80. The number of rotatable bonds is 2. The maximum atomic E-state index is 5.79. The molecule has 1 aliphatic rings. The van der Waals surface area contributed by atoms with E-state index in [2.05, 4.69) is 0 Å². The maximum absolute atomic E-state index is 5.79. The van der Waals surface area contributed by atoms with E-state index in [0.717, 1.165) is 11.5 Å². The first kappa shape index (κ1) is 9.34. The second kappa shape index (κ2) is 3.50. The Morgan fingerprint density at radius 1 is 1.14 bits per heavy atom. The van der Waals surface area contributed by atoms with E-state index in [4.69, 9.17) is 15.2 Å². The summed E-state index contributed by atoms with van der Waals surface area (Å²) < 4.78 is 11.3. The van der Waals surface area contributed by atoms with Crippen LogP contribution in [0.1, 0.15) is 13.8 Å². The minimum Gasteiger partial charge on any atom is -0.451 e. The Hall–Kier alpha value is -1.22. The molecular weight excluding hydrogens is 178 g/mol. The standard InChI is InChI=1S/C11H15NO2/c1-7(8(2)12)11-13-9-5-3-4-6-10(9)14-11/h3-8,11H,12H2,1-2H3. The minimum absolute atomic E-state index is 0.0642. The van der Waals surface area contributed by atoms with Crippen LogP contribution in [0.25, 0.3) is 0 Å². The molecule has 0 spiro atoms. The quantitative estimate of drug-likeness (QED) is 0.778. The van der Waals surface area contributed by atoms with Gasteiger partial charge in [-0.2, -0.15) is 0 Å². The fraction of sp³-hybridized carbons (Fsp3) is 0.455. The second-order valence-electron chi connectivity index (χ2n) is 3.77. The molecule has 3 heteroatoms. The molecule has 0 saturated carbocycles. The molecule has 0 aromatic heterocycles. The van der Waals surface area contributed by atoms with Gasteiger partial charge in [0, 0.05) is 12.0 Å². The molecule has 76 valence electrons. The van der Waals surface area contributed by atoms with E-state index in [0.29, 0.717) is 0 Å². The van der Waals surface area contributed by atoms with Crippen molar-refractivity contribution in [3.63, 3.8) is 0 Å². The summed E-state index contributed by atoms with van der Waals surface area (Å²) in [5, 5.41) is 0. The zero-order chi connectivity index (χ0) is 10.1. The molecule has 0 amide bonds. The normalized spacial score (nSPS) is 19.4. The predicted molar refractivity (Wildman–Crippen MR) is 54.3 cm³/mol. The van der Waals surface area contributed by atoms with E-state index >= 15 is 0 Å². The molecule has 14 heavy (non-hydrogen) atoms. The van der Waals surface area contributed by atoms with Crippen molar-refractivity contribution in [3.8, 4) is 11.5 Å². The van der Waals surface area contributed by atoms with Gasteiger partial charge in [0.25, 0.3) is 0 Å². The molecule has 3 nitrogen and oxygen atoms in total. The molecule has 0 bridgehead atoms. The summed E-state index contributed by atoms with van der Waals surface area (Å²) in [6.07, 6.45) is -0.243. The highest BCUT2D eigenvalue weighted by Gasteiger charge is 2.30. The highest BCUT2D eigenvalue weighted by molar-refractivity contribution is 5.41. The SMILES string of the molecule is CC(N)C(C)C1Oc2ccccc2O1. The lowest BCUT2D eigenvalue weighted by atomic mass is 10.0. The molecule has 2 N–H and O–H groups in total. The summed E-state index contributed by atoms with van der Waals surface area (Å²) in [6.45, 7) is 3.99. The zero-order valence-electron chi connectivity index (χ0n) is 8.44. The summed E-state index contributed by atoms with van der Waals surface area (Å²) in [7, 11) is 0. The summed E-state index contributed by atoms with van der Waals surface area (Å²) in [6, 6.07) is 7.74. The van der Waals surface area contributed by atoms with Gasteiger partial charge in [-0.1, -0.05) is 19.1 Å². The van der Waals surface area contributed by atoms with Crippen molar-refractivity contribution in [1.82, 2.24) is 0 Å². The lowest BCUT2D eigenvalue weighted by Gasteiger charge is -2.21. The van der Waals surface area contributed by atoms with E-state index < -0.39 is 0 Å². The number of ether oxygens (including phenoxy) is 2. The molecule has 1 heterocycles. The van der Waals surface area contributed by atoms with Crippen LogP contribution in [-0.2, 0) is 0 Å². The van der Waals surface area contributed by atoms with Crippen LogP contribution in [0.2, 0.25) is 0 Å². The number of nitrogens with two attached hydrogens (primary N) is 1. The van der Waals surface area contributed by atoms with Gasteiger partial charge >= 0.3 is 0 Å². The lowest BCUT2D eigenvalue weighted by Crippen LogP contribution is -2.38. The van der Waals surface area contributed by atoms with Crippen LogP contribution in [0, 0.1) is 5.92 Å². The molecule has 2 unspecified atom stereocenters. The number of fused-ring (bicyclic) bond motifs is 1. The molecule has 2 rings (SSSR count). The lowest BCUT2D eigenvalue weighted by molar-refractivity contribution is -0.00438. The van der Waals surface area contributed by atoms with Crippen LogP contribution in [0.3, 0.4) is 0 Å². The van der Waals surface area contributed by atoms with Gasteiger partial charge in [-0.15, -0.1) is 0 Å². The summed E-state index contributed by atoms with van der Waals surface area (Å²) in [4.78, 5) is 0. The molecule has 2 atom stereocenters. The highest BCUT2D eigenvalue weighted by atomic mass is 16.7. The Morgan fingerprint density at radius 2 is 1.64 bits per heavy atom. The topological polar surface area (TPSA) is 44.5 Å². The first-order valence-electron chi connectivity index (χ1n) is 4.86. The van der Waals surface area contributed by atoms with Crippen molar-refractivity contribution < 1.29 is 9.47 Å². The minimum atomic E-state index is -0.243. The van der Waals surface area contributed by atoms with E-state index in [1.54, 1.807) is 0 Å². The average molecular weight is 193 g/mol. The molecule has 0 saturated heterocycles. The molecule has 1 aromatic carbocycles. The molecule has 0 aliphatic carbocycles. The average Bonchev–Trinajstić information content (AvgIpc) is 2.59. The highest BCUT2D eigenvalue weighted by Crippen LogP contribution is 2.36. The van der Waals surface area contributed by atoms with Crippen LogP contribution in [0.15, 0.2) is 24.3 Å². The van der Waals surface area contributed by atoms with Crippen LogP contribution in [0.5, 0.6) is 11.5 Å². The van der Waals surface area contributed by atoms with Crippen molar-refractivity contribution in [3.05, 3.63) is 24.3 Å². The number of para-hydroxylation sites is 2. The van der Waals surface area contributed by atoms with Crippen molar-refractivity contribution in [2.75, 3.05) is 0 Å². The fourth-order valence-electron chi connectivity index (χ4n) is 1.38. The Bertz CT molecular complexity index is 300. The molecular formula is C11H15NO2. The smallest absolute Gasteiger partial charge is 0.245 e. The summed E-state index contributed by atoms with van der Waals surface area (Å²) in [5.41, 5.74) is 5.79. The number of hydrogen-bond donors (Lipinski definition) is 1. The Kier molecular flexibility index (Phi) is 2.33. The van der Waals surface area contributed by atoms with Gasteiger partial charge in [0.05, 0.1) is 0 Å². The monoisotopic (exact) mass is 193 g/mol. The second-order valence-corrected chi connectivity index (χ2v) is 3.77. The number of hydrogen-bond acceptors (Lipinski definition) is 3.